The zero-order valence-electron chi connectivity index (χ0n) is 5.37. The Morgan fingerprint density at radius 2 is 1.25 bits per heavy atom. The number of terminal acetylenes is 1. The number of nitro groups is 3. The molecule has 64 valence electrons. The molecule has 0 aromatic carbocycles. The fraction of sp³-hybridized carbons (Fsp3) is 0.333. The van der Waals surface area contributed by atoms with Crippen molar-refractivity contribution in [1.29, 1.82) is 0 Å². The lowest BCUT2D eigenvalue weighted by atomic mass is 10.4. The van der Waals surface area contributed by atoms with Crippen molar-refractivity contribution in [2.75, 3.05) is 0 Å². The number of rotatable bonds is 3. The molecular formula is C3HN3O6. The quantitative estimate of drug-likeness (QED) is 0.236. The maximum absolute atomic E-state index is 9.92. The molecule has 0 unspecified atom stereocenters. The topological polar surface area (TPSA) is 129 Å². The molecule has 0 radical (unpaired) electrons. The van der Waals surface area contributed by atoms with Crippen LogP contribution in [0.5, 0.6) is 0 Å². The van der Waals surface area contributed by atoms with Gasteiger partial charge in [0.2, 0.25) is 0 Å². The van der Waals surface area contributed by atoms with E-state index in [0.29, 0.717) is 0 Å². The van der Waals surface area contributed by atoms with Gasteiger partial charge in [-0.3, -0.25) is 30.3 Å². The van der Waals surface area contributed by atoms with E-state index in [2.05, 4.69) is 6.42 Å². The van der Waals surface area contributed by atoms with E-state index in [9.17, 15) is 30.3 Å². The molecule has 0 spiro atoms. The van der Waals surface area contributed by atoms with Crippen LogP contribution in [0, 0.1) is 42.7 Å². The minimum atomic E-state index is -3.76. The third-order valence-electron chi connectivity index (χ3n) is 0.957. The average Bonchev–Trinajstić information content (AvgIpc) is 1.86. The van der Waals surface area contributed by atoms with E-state index >= 15 is 0 Å². The van der Waals surface area contributed by atoms with Crippen LogP contribution in [0.25, 0.3) is 0 Å². The molecule has 0 fully saturated rings. The molecule has 0 N–H and O–H groups in total. The van der Waals surface area contributed by atoms with E-state index in [1.165, 1.54) is 0 Å². The molecule has 0 rings (SSSR count). The molecule has 0 aromatic heterocycles. The third kappa shape index (κ3) is 1.01. The van der Waals surface area contributed by atoms with Gasteiger partial charge in [-0.05, 0) is 0 Å². The highest BCUT2D eigenvalue weighted by Crippen LogP contribution is 2.09. The first-order chi connectivity index (χ1) is 5.39. The highest BCUT2D eigenvalue weighted by Gasteiger charge is 2.69. The van der Waals surface area contributed by atoms with Crippen molar-refractivity contribution in [2.24, 2.45) is 0 Å². The van der Waals surface area contributed by atoms with Gasteiger partial charge >= 0.3 is 5.79 Å². The van der Waals surface area contributed by atoms with Crippen LogP contribution in [-0.4, -0.2) is 20.6 Å². The van der Waals surface area contributed by atoms with E-state index < -0.39 is 20.6 Å². The van der Waals surface area contributed by atoms with Crippen molar-refractivity contribution in [3.63, 3.8) is 0 Å². The summed E-state index contributed by atoms with van der Waals surface area (Å²) in [7, 11) is 0. The average molecular weight is 175 g/mol. The molecule has 0 amide bonds. The molecule has 0 aliphatic rings. The van der Waals surface area contributed by atoms with Gasteiger partial charge in [-0.15, -0.1) is 0 Å². The van der Waals surface area contributed by atoms with Gasteiger partial charge in [-0.2, -0.15) is 0 Å². The molecule has 0 heterocycles. The third-order valence-corrected chi connectivity index (χ3v) is 0.957. The molecule has 0 aliphatic carbocycles. The molecule has 0 saturated carbocycles. The lowest BCUT2D eigenvalue weighted by Crippen LogP contribution is -2.51. The maximum atomic E-state index is 9.92. The summed E-state index contributed by atoms with van der Waals surface area (Å²) in [5.41, 5.74) is 0. The number of hydrogen-bond donors (Lipinski definition) is 0. The fourth-order valence-corrected chi connectivity index (χ4v) is 0.358. The predicted molar refractivity (Wildman–Crippen MR) is 32.5 cm³/mol. The first-order valence-electron chi connectivity index (χ1n) is 2.30. The van der Waals surface area contributed by atoms with Crippen LogP contribution in [0.15, 0.2) is 0 Å². The second kappa shape index (κ2) is 2.79. The molecule has 12 heavy (non-hydrogen) atoms. The molecule has 0 atom stereocenters. The van der Waals surface area contributed by atoms with Crippen LogP contribution in [0.2, 0.25) is 0 Å². The van der Waals surface area contributed by atoms with Gasteiger partial charge in [0.15, 0.2) is 20.7 Å². The summed E-state index contributed by atoms with van der Waals surface area (Å²) in [4.78, 5) is 24.5. The van der Waals surface area contributed by atoms with Gasteiger partial charge in [0, 0.05) is 0 Å². The molecule has 0 aromatic rings. The monoisotopic (exact) mass is 175 g/mol. The van der Waals surface area contributed by atoms with Crippen LogP contribution in [0.3, 0.4) is 0 Å². The Balaban J connectivity index is 5.39. The van der Waals surface area contributed by atoms with Gasteiger partial charge in [0.25, 0.3) is 0 Å². The summed E-state index contributed by atoms with van der Waals surface area (Å²) in [5, 5.41) is 29.7. The van der Waals surface area contributed by atoms with Crippen LogP contribution in [0.1, 0.15) is 0 Å². The molecule has 0 saturated heterocycles. The van der Waals surface area contributed by atoms with Crippen LogP contribution >= 0.6 is 0 Å². The van der Waals surface area contributed by atoms with Crippen molar-refractivity contribution < 1.29 is 14.8 Å². The largest absolute Gasteiger partial charge is 0.767 e. The SMILES string of the molecule is C#CC([N+](=O)[O-])([N+](=O)[O-])[N+](=O)[O-]. The number of nitrogens with zero attached hydrogens (tertiary/aromatic N) is 3. The Hall–Kier alpha value is -2.24. The second-order valence-electron chi connectivity index (χ2n) is 1.55. The van der Waals surface area contributed by atoms with Crippen molar-refractivity contribution in [3.8, 4) is 12.3 Å². The van der Waals surface area contributed by atoms with Crippen LogP contribution < -0.4 is 0 Å². The zero-order valence-corrected chi connectivity index (χ0v) is 5.37. The lowest BCUT2D eigenvalue weighted by molar-refractivity contribution is -0.950. The summed E-state index contributed by atoms with van der Waals surface area (Å²) in [6, 6.07) is 0. The van der Waals surface area contributed by atoms with Gasteiger partial charge in [-0.25, -0.2) is 0 Å². The minimum absolute atomic E-state index is 0.917. The van der Waals surface area contributed by atoms with Gasteiger partial charge in [0.05, 0.1) is 0 Å². The van der Waals surface area contributed by atoms with E-state index in [4.69, 9.17) is 0 Å². The Bertz CT molecular complexity index is 253. The summed E-state index contributed by atoms with van der Waals surface area (Å²) in [6.45, 7) is 0. The van der Waals surface area contributed by atoms with Crippen molar-refractivity contribution in [3.05, 3.63) is 30.3 Å². The summed E-state index contributed by atoms with van der Waals surface area (Å²) in [6.07, 6.45) is 4.34. The number of hydrogen-bond acceptors (Lipinski definition) is 6. The predicted octanol–water partition coefficient (Wildman–Crippen LogP) is -0.896. The first-order valence-corrected chi connectivity index (χ1v) is 2.30. The van der Waals surface area contributed by atoms with Crippen molar-refractivity contribution >= 4 is 0 Å². The summed E-state index contributed by atoms with van der Waals surface area (Å²) < 4.78 is 0. The summed E-state index contributed by atoms with van der Waals surface area (Å²) >= 11 is 0. The molecule has 0 bridgehead atoms. The van der Waals surface area contributed by atoms with Gasteiger partial charge in [-0.1, -0.05) is 6.42 Å². The van der Waals surface area contributed by atoms with Crippen molar-refractivity contribution in [2.45, 2.75) is 5.79 Å². The Labute approximate surface area is 64.4 Å². The molecule has 9 nitrogen and oxygen atoms in total. The van der Waals surface area contributed by atoms with Crippen molar-refractivity contribution in [1.82, 2.24) is 0 Å². The van der Waals surface area contributed by atoms with Gasteiger partial charge < -0.3 is 0 Å². The standard InChI is InChI=1S/C3HN3O6/c1-2-3(4(7)8,5(9)10)6(11)12/h1H. The Morgan fingerprint density at radius 3 is 1.25 bits per heavy atom. The van der Waals surface area contributed by atoms with E-state index in [0.717, 1.165) is 5.92 Å². The van der Waals surface area contributed by atoms with E-state index in [-0.39, 0.29) is 0 Å². The smallest absolute Gasteiger partial charge is 0.252 e. The maximum Gasteiger partial charge on any atom is 0.767 e. The van der Waals surface area contributed by atoms with Crippen LogP contribution in [0.4, 0.5) is 0 Å². The Morgan fingerprint density at radius 1 is 1.00 bits per heavy atom. The highest BCUT2D eigenvalue weighted by molar-refractivity contribution is 4.93. The Kier molecular flexibility index (Phi) is 2.27. The molecule has 0 aliphatic heterocycles. The zero-order chi connectivity index (χ0) is 9.94. The van der Waals surface area contributed by atoms with E-state index in [1.807, 2.05) is 0 Å². The normalized spacial score (nSPS) is 9.92. The lowest BCUT2D eigenvalue weighted by Gasteiger charge is -2.00. The first kappa shape index (κ1) is 9.76. The highest BCUT2D eigenvalue weighted by atomic mass is 16.7. The summed E-state index contributed by atoms with van der Waals surface area (Å²) in [5.74, 6) is -2.85. The minimum Gasteiger partial charge on any atom is -0.252 e. The fourth-order valence-electron chi connectivity index (χ4n) is 0.358. The van der Waals surface area contributed by atoms with E-state index in [1.54, 1.807) is 0 Å². The molecular weight excluding hydrogens is 174 g/mol. The van der Waals surface area contributed by atoms with Crippen LogP contribution in [-0.2, 0) is 0 Å². The van der Waals surface area contributed by atoms with Gasteiger partial charge in [0.1, 0.15) is 0 Å². The second-order valence-corrected chi connectivity index (χ2v) is 1.55. The molecule has 9 heteroatoms.